The number of carbonyl (C=O) groups is 2. The van der Waals surface area contributed by atoms with Crippen molar-refractivity contribution in [3.05, 3.63) is 35.6 Å². The molecule has 120 valence electrons. The second-order valence-corrected chi connectivity index (χ2v) is 5.43. The molecule has 1 aromatic carbocycles. The van der Waals surface area contributed by atoms with E-state index in [1.807, 2.05) is 0 Å². The van der Waals surface area contributed by atoms with Crippen LogP contribution < -0.4 is 10.6 Å². The van der Waals surface area contributed by atoms with E-state index in [-0.39, 0.29) is 17.8 Å². The van der Waals surface area contributed by atoms with Crippen molar-refractivity contribution in [2.75, 3.05) is 40.3 Å². The number of rotatable bonds is 6. The molecular formula is C15H21FN4O2. The third kappa shape index (κ3) is 3.94. The molecule has 2 N–H and O–H groups in total. The highest BCUT2D eigenvalue weighted by Gasteiger charge is 2.24. The maximum Gasteiger partial charge on any atom is 0.317 e. The Morgan fingerprint density at radius 1 is 1.50 bits per heavy atom. The van der Waals surface area contributed by atoms with Gasteiger partial charge in [0, 0.05) is 26.2 Å². The number of nitrogens with zero attached hydrogens (tertiary/aromatic N) is 2. The number of nitrogens with one attached hydrogen (secondary N) is 2. The van der Waals surface area contributed by atoms with Gasteiger partial charge in [-0.3, -0.25) is 9.69 Å². The van der Waals surface area contributed by atoms with Crippen LogP contribution in [0.25, 0.3) is 0 Å². The summed E-state index contributed by atoms with van der Waals surface area (Å²) in [6.07, 6.45) is 0. The van der Waals surface area contributed by atoms with E-state index < -0.39 is 6.04 Å². The molecule has 3 amide bonds. The molecule has 1 aromatic rings. The zero-order valence-corrected chi connectivity index (χ0v) is 12.8. The lowest BCUT2D eigenvalue weighted by molar-refractivity contribution is -0.125. The molecule has 0 aromatic heterocycles. The first-order chi connectivity index (χ1) is 10.5. The van der Waals surface area contributed by atoms with Crippen LogP contribution in [0, 0.1) is 5.82 Å². The summed E-state index contributed by atoms with van der Waals surface area (Å²) < 4.78 is 13.4. The fourth-order valence-corrected chi connectivity index (χ4v) is 2.50. The van der Waals surface area contributed by atoms with Crippen LogP contribution in [-0.4, -0.2) is 62.0 Å². The molecule has 1 saturated heterocycles. The van der Waals surface area contributed by atoms with Gasteiger partial charge in [-0.1, -0.05) is 12.1 Å². The van der Waals surface area contributed by atoms with Crippen LogP contribution in [0.1, 0.15) is 11.6 Å². The van der Waals surface area contributed by atoms with Gasteiger partial charge in [-0.15, -0.1) is 0 Å². The van der Waals surface area contributed by atoms with Gasteiger partial charge in [-0.25, -0.2) is 9.18 Å². The van der Waals surface area contributed by atoms with E-state index in [4.69, 9.17) is 0 Å². The van der Waals surface area contributed by atoms with Crippen molar-refractivity contribution in [3.8, 4) is 0 Å². The fourth-order valence-electron chi connectivity index (χ4n) is 2.50. The van der Waals surface area contributed by atoms with Crippen LogP contribution in [0.5, 0.6) is 0 Å². The number of benzene rings is 1. The SMILES string of the molecule is CN(C)[C@H](C(=O)NCCN1CCNC1=O)c1cccc(F)c1. The van der Waals surface area contributed by atoms with Crippen LogP contribution >= 0.6 is 0 Å². The van der Waals surface area contributed by atoms with Gasteiger partial charge in [0.1, 0.15) is 11.9 Å². The first-order valence-electron chi connectivity index (χ1n) is 7.21. The zero-order chi connectivity index (χ0) is 16.1. The Kier molecular flexibility index (Phi) is 5.32. The molecule has 0 spiro atoms. The molecule has 6 nitrogen and oxygen atoms in total. The third-order valence-electron chi connectivity index (χ3n) is 3.56. The van der Waals surface area contributed by atoms with E-state index in [0.29, 0.717) is 31.7 Å². The van der Waals surface area contributed by atoms with E-state index in [0.717, 1.165) is 0 Å². The van der Waals surface area contributed by atoms with Gasteiger partial charge in [-0.2, -0.15) is 0 Å². The van der Waals surface area contributed by atoms with Crippen molar-refractivity contribution < 1.29 is 14.0 Å². The summed E-state index contributed by atoms with van der Waals surface area (Å²) in [5.74, 6) is -0.582. The lowest BCUT2D eigenvalue weighted by Crippen LogP contribution is -2.41. The minimum absolute atomic E-state index is 0.108. The topological polar surface area (TPSA) is 64.7 Å². The summed E-state index contributed by atoms with van der Waals surface area (Å²) in [6.45, 7) is 2.11. The van der Waals surface area contributed by atoms with Gasteiger partial charge in [0.2, 0.25) is 5.91 Å². The molecule has 1 atom stereocenters. The lowest BCUT2D eigenvalue weighted by atomic mass is 10.1. The van der Waals surface area contributed by atoms with Crippen molar-refractivity contribution in [2.45, 2.75) is 6.04 Å². The molecule has 7 heteroatoms. The Balaban J connectivity index is 1.94. The summed E-state index contributed by atoms with van der Waals surface area (Å²) in [7, 11) is 3.53. The number of amides is 3. The predicted molar refractivity (Wildman–Crippen MR) is 80.8 cm³/mol. The lowest BCUT2D eigenvalue weighted by Gasteiger charge is -2.24. The first-order valence-corrected chi connectivity index (χ1v) is 7.21. The van der Waals surface area contributed by atoms with Crippen LogP contribution in [0.2, 0.25) is 0 Å². The number of halogens is 1. The molecule has 22 heavy (non-hydrogen) atoms. The van der Waals surface area contributed by atoms with Gasteiger partial charge >= 0.3 is 6.03 Å². The zero-order valence-electron chi connectivity index (χ0n) is 12.8. The van der Waals surface area contributed by atoms with Crippen molar-refractivity contribution in [1.82, 2.24) is 20.4 Å². The standard InChI is InChI=1S/C15H21FN4O2/c1-19(2)13(11-4-3-5-12(16)10-11)14(21)17-6-8-20-9-7-18-15(20)22/h3-5,10,13H,6-9H2,1-2H3,(H,17,21)(H,18,22)/t13-/m0/s1. The Morgan fingerprint density at radius 3 is 2.86 bits per heavy atom. The maximum atomic E-state index is 13.4. The second kappa shape index (κ2) is 7.22. The highest BCUT2D eigenvalue weighted by molar-refractivity contribution is 5.83. The molecule has 2 rings (SSSR count). The Morgan fingerprint density at radius 2 is 2.27 bits per heavy atom. The van der Waals surface area contributed by atoms with E-state index in [2.05, 4.69) is 10.6 Å². The molecular weight excluding hydrogens is 287 g/mol. The number of hydrogen-bond acceptors (Lipinski definition) is 3. The van der Waals surface area contributed by atoms with Crippen LogP contribution in [-0.2, 0) is 4.79 Å². The highest BCUT2D eigenvalue weighted by atomic mass is 19.1. The molecule has 1 fully saturated rings. The van der Waals surface area contributed by atoms with Gasteiger partial charge in [0.05, 0.1) is 0 Å². The molecule has 1 aliphatic rings. The second-order valence-electron chi connectivity index (χ2n) is 5.43. The smallest absolute Gasteiger partial charge is 0.317 e. The number of likely N-dealkylation sites (N-methyl/N-ethyl adjacent to an activating group) is 1. The summed E-state index contributed by atoms with van der Waals surface area (Å²) in [5, 5.41) is 5.51. The molecule has 0 radical (unpaired) electrons. The summed E-state index contributed by atoms with van der Waals surface area (Å²) in [6, 6.07) is 5.34. The minimum atomic E-state index is -0.567. The highest BCUT2D eigenvalue weighted by Crippen LogP contribution is 2.19. The number of urea groups is 1. The molecule has 0 saturated carbocycles. The van der Waals surface area contributed by atoms with Gasteiger partial charge in [0.15, 0.2) is 0 Å². The van der Waals surface area contributed by atoms with Gasteiger partial charge in [0.25, 0.3) is 0 Å². The quantitative estimate of drug-likeness (QED) is 0.807. The van der Waals surface area contributed by atoms with Crippen molar-refractivity contribution in [1.29, 1.82) is 0 Å². The predicted octanol–water partition coefficient (Wildman–Crippen LogP) is 0.570. The Bertz CT molecular complexity index is 550. The van der Waals surface area contributed by atoms with Crippen LogP contribution in [0.15, 0.2) is 24.3 Å². The average molecular weight is 308 g/mol. The van der Waals surface area contributed by atoms with Gasteiger partial charge in [-0.05, 0) is 31.8 Å². The van der Waals surface area contributed by atoms with Gasteiger partial charge < -0.3 is 15.5 Å². The first kappa shape index (κ1) is 16.2. The summed E-state index contributed by atoms with van der Waals surface area (Å²) in [4.78, 5) is 27.1. The van der Waals surface area contributed by atoms with Crippen LogP contribution in [0.4, 0.5) is 9.18 Å². The minimum Gasteiger partial charge on any atom is -0.353 e. The fraction of sp³-hybridized carbons (Fsp3) is 0.467. The average Bonchev–Trinajstić information content (AvgIpc) is 2.84. The molecule has 0 unspecified atom stereocenters. The van der Waals surface area contributed by atoms with E-state index in [9.17, 15) is 14.0 Å². The summed E-state index contributed by atoms with van der Waals surface area (Å²) in [5.41, 5.74) is 0.599. The normalized spacial score (nSPS) is 15.8. The largest absolute Gasteiger partial charge is 0.353 e. The third-order valence-corrected chi connectivity index (χ3v) is 3.56. The van der Waals surface area contributed by atoms with E-state index >= 15 is 0 Å². The van der Waals surface area contributed by atoms with E-state index in [1.165, 1.54) is 12.1 Å². The Hall–Kier alpha value is -2.15. The maximum absolute atomic E-state index is 13.4. The number of carbonyl (C=O) groups excluding carboxylic acids is 2. The molecule has 1 heterocycles. The summed E-state index contributed by atoms with van der Waals surface area (Å²) >= 11 is 0. The Labute approximate surface area is 129 Å². The monoisotopic (exact) mass is 308 g/mol. The molecule has 0 aliphatic carbocycles. The van der Waals surface area contributed by atoms with Crippen LogP contribution in [0.3, 0.4) is 0 Å². The molecule has 0 bridgehead atoms. The number of hydrogen-bond donors (Lipinski definition) is 2. The van der Waals surface area contributed by atoms with Crippen molar-refractivity contribution >= 4 is 11.9 Å². The van der Waals surface area contributed by atoms with Crippen molar-refractivity contribution in [3.63, 3.8) is 0 Å². The van der Waals surface area contributed by atoms with E-state index in [1.54, 1.807) is 36.0 Å². The molecule has 1 aliphatic heterocycles. The van der Waals surface area contributed by atoms with Crippen molar-refractivity contribution in [2.24, 2.45) is 0 Å².